The molecule has 0 radical (unpaired) electrons. The lowest BCUT2D eigenvalue weighted by Gasteiger charge is -2.15. The first-order valence-electron chi connectivity index (χ1n) is 7.58. The van der Waals surface area contributed by atoms with Crippen molar-refractivity contribution in [2.24, 2.45) is 11.8 Å². The number of nitrogens with zero attached hydrogens (tertiary/aromatic N) is 2. The third-order valence-corrected chi connectivity index (χ3v) is 3.48. The summed E-state index contributed by atoms with van der Waals surface area (Å²) in [5.41, 5.74) is 1.26. The second-order valence-electron chi connectivity index (χ2n) is 5.88. The van der Waals surface area contributed by atoms with Crippen LogP contribution in [0, 0.1) is 11.8 Å². The van der Waals surface area contributed by atoms with Crippen molar-refractivity contribution in [1.29, 1.82) is 0 Å². The van der Waals surface area contributed by atoms with Gasteiger partial charge in [-0.1, -0.05) is 32.0 Å². The number of para-hydroxylation sites is 1. The van der Waals surface area contributed by atoms with E-state index in [-0.39, 0.29) is 18.4 Å². The fraction of sp³-hybridized carbons (Fsp3) is 0.353. The van der Waals surface area contributed by atoms with Gasteiger partial charge in [0.2, 0.25) is 0 Å². The topological polar surface area (TPSA) is 84.2 Å². The van der Waals surface area contributed by atoms with Crippen molar-refractivity contribution >= 4 is 11.9 Å². The Bertz CT molecular complexity index is 665. The molecule has 1 aromatic heterocycles. The average molecular weight is 315 g/mol. The van der Waals surface area contributed by atoms with Crippen molar-refractivity contribution in [2.45, 2.75) is 20.3 Å². The van der Waals surface area contributed by atoms with Crippen LogP contribution in [0.1, 0.15) is 30.6 Å². The van der Waals surface area contributed by atoms with E-state index in [1.165, 1.54) is 6.20 Å². The molecule has 2 aromatic rings. The van der Waals surface area contributed by atoms with Crippen LogP contribution in [0.2, 0.25) is 0 Å². The molecule has 1 unspecified atom stereocenters. The molecule has 0 bridgehead atoms. The van der Waals surface area contributed by atoms with Gasteiger partial charge in [-0.15, -0.1) is 0 Å². The molecule has 1 amide bonds. The van der Waals surface area contributed by atoms with Gasteiger partial charge in [-0.2, -0.15) is 5.10 Å². The molecule has 0 saturated carbocycles. The van der Waals surface area contributed by atoms with E-state index in [2.05, 4.69) is 10.4 Å². The van der Waals surface area contributed by atoms with Gasteiger partial charge >= 0.3 is 5.97 Å². The van der Waals surface area contributed by atoms with Crippen molar-refractivity contribution in [3.05, 3.63) is 48.3 Å². The van der Waals surface area contributed by atoms with Crippen LogP contribution in [0.15, 0.2) is 42.7 Å². The van der Waals surface area contributed by atoms with Gasteiger partial charge in [-0.3, -0.25) is 9.59 Å². The van der Waals surface area contributed by atoms with Crippen molar-refractivity contribution in [2.75, 3.05) is 6.54 Å². The van der Waals surface area contributed by atoms with Crippen molar-refractivity contribution in [3.8, 4) is 5.69 Å². The Morgan fingerprint density at radius 2 is 1.96 bits per heavy atom. The monoisotopic (exact) mass is 315 g/mol. The fourth-order valence-electron chi connectivity index (χ4n) is 2.32. The lowest BCUT2D eigenvalue weighted by Crippen LogP contribution is -2.33. The summed E-state index contributed by atoms with van der Waals surface area (Å²) in [6.07, 6.45) is 3.63. The molecule has 0 spiro atoms. The second kappa shape index (κ2) is 7.58. The van der Waals surface area contributed by atoms with Crippen LogP contribution in [-0.2, 0) is 4.79 Å². The normalized spacial score (nSPS) is 12.1. The van der Waals surface area contributed by atoms with Gasteiger partial charge in [0.1, 0.15) is 0 Å². The Morgan fingerprint density at radius 3 is 2.57 bits per heavy atom. The predicted octanol–water partition coefficient (Wildman–Crippen LogP) is 2.35. The summed E-state index contributed by atoms with van der Waals surface area (Å²) < 4.78 is 1.61. The lowest BCUT2D eigenvalue weighted by atomic mass is 9.97. The highest BCUT2D eigenvalue weighted by Gasteiger charge is 2.20. The third-order valence-electron chi connectivity index (χ3n) is 3.48. The molecule has 0 saturated heterocycles. The minimum Gasteiger partial charge on any atom is -0.481 e. The highest BCUT2D eigenvalue weighted by atomic mass is 16.4. The number of carbonyl (C=O) groups is 2. The van der Waals surface area contributed by atoms with E-state index in [4.69, 9.17) is 0 Å². The van der Waals surface area contributed by atoms with Crippen LogP contribution >= 0.6 is 0 Å². The number of aliphatic carboxylic acids is 1. The molecule has 0 aliphatic carbocycles. The van der Waals surface area contributed by atoms with Gasteiger partial charge in [0.15, 0.2) is 0 Å². The molecule has 1 atom stereocenters. The van der Waals surface area contributed by atoms with Gasteiger partial charge < -0.3 is 10.4 Å². The molecule has 2 rings (SSSR count). The molecular weight excluding hydrogens is 294 g/mol. The SMILES string of the molecule is CC(C)CC(CNC(=O)c1cnn(-c2ccccc2)c1)C(=O)O. The summed E-state index contributed by atoms with van der Waals surface area (Å²) in [4.78, 5) is 23.4. The first-order chi connectivity index (χ1) is 11.0. The van der Waals surface area contributed by atoms with Crippen LogP contribution < -0.4 is 5.32 Å². The van der Waals surface area contributed by atoms with Crippen molar-refractivity contribution in [3.63, 3.8) is 0 Å². The molecule has 1 heterocycles. The predicted molar refractivity (Wildman–Crippen MR) is 86.5 cm³/mol. The van der Waals surface area contributed by atoms with Crippen LogP contribution in [0.25, 0.3) is 5.69 Å². The van der Waals surface area contributed by atoms with Gasteiger partial charge in [-0.25, -0.2) is 4.68 Å². The number of benzene rings is 1. The Morgan fingerprint density at radius 1 is 1.26 bits per heavy atom. The zero-order valence-corrected chi connectivity index (χ0v) is 13.3. The Balaban J connectivity index is 1.98. The fourth-order valence-corrected chi connectivity index (χ4v) is 2.32. The number of nitrogens with one attached hydrogen (secondary N) is 1. The van der Waals surface area contributed by atoms with Crippen LogP contribution in [0.3, 0.4) is 0 Å². The number of carbonyl (C=O) groups excluding carboxylic acids is 1. The standard InChI is InChI=1S/C17H21N3O3/c1-12(2)8-13(17(22)23)9-18-16(21)14-10-19-20(11-14)15-6-4-3-5-7-15/h3-7,10-13H,8-9H2,1-2H3,(H,18,21)(H,22,23). The second-order valence-corrected chi connectivity index (χ2v) is 5.88. The quantitative estimate of drug-likeness (QED) is 0.821. The number of carboxylic acid groups (broad SMARTS) is 1. The van der Waals surface area contributed by atoms with Gasteiger partial charge in [0.25, 0.3) is 5.91 Å². The molecular formula is C17H21N3O3. The highest BCUT2D eigenvalue weighted by molar-refractivity contribution is 5.94. The highest BCUT2D eigenvalue weighted by Crippen LogP contribution is 2.12. The number of rotatable bonds is 7. The Hall–Kier alpha value is -2.63. The van der Waals surface area contributed by atoms with Crippen molar-refractivity contribution in [1.82, 2.24) is 15.1 Å². The third kappa shape index (κ3) is 4.67. The number of hydrogen-bond donors (Lipinski definition) is 2. The molecule has 0 aliphatic rings. The number of amides is 1. The first kappa shape index (κ1) is 16.7. The summed E-state index contributed by atoms with van der Waals surface area (Å²) >= 11 is 0. The van der Waals surface area contributed by atoms with Crippen LogP contribution in [-0.4, -0.2) is 33.3 Å². The summed E-state index contributed by atoms with van der Waals surface area (Å²) in [5, 5.41) is 16.0. The van der Waals surface area contributed by atoms with E-state index < -0.39 is 11.9 Å². The maximum atomic E-state index is 12.1. The van der Waals surface area contributed by atoms with Crippen molar-refractivity contribution < 1.29 is 14.7 Å². The van der Waals surface area contributed by atoms with Gasteiger partial charge in [-0.05, 0) is 24.5 Å². The van der Waals surface area contributed by atoms with Crippen LogP contribution in [0.5, 0.6) is 0 Å². The van der Waals surface area contributed by atoms with E-state index in [0.29, 0.717) is 12.0 Å². The summed E-state index contributed by atoms with van der Waals surface area (Å²) in [6, 6.07) is 9.46. The van der Waals surface area contributed by atoms with E-state index in [9.17, 15) is 14.7 Å². The van der Waals surface area contributed by atoms with E-state index in [1.807, 2.05) is 44.2 Å². The summed E-state index contributed by atoms with van der Waals surface area (Å²) in [5.74, 6) is -1.53. The number of aromatic nitrogens is 2. The van der Waals surface area contributed by atoms with Crippen LogP contribution in [0.4, 0.5) is 0 Å². The minimum atomic E-state index is -0.890. The first-order valence-corrected chi connectivity index (χ1v) is 7.58. The zero-order chi connectivity index (χ0) is 16.8. The average Bonchev–Trinajstić information content (AvgIpc) is 3.01. The zero-order valence-electron chi connectivity index (χ0n) is 13.3. The largest absolute Gasteiger partial charge is 0.481 e. The van der Waals surface area contributed by atoms with E-state index in [1.54, 1.807) is 10.9 Å². The molecule has 23 heavy (non-hydrogen) atoms. The Kier molecular flexibility index (Phi) is 5.51. The number of carboxylic acids is 1. The minimum absolute atomic E-state index is 0.114. The molecule has 122 valence electrons. The number of hydrogen-bond acceptors (Lipinski definition) is 3. The molecule has 0 fully saturated rings. The smallest absolute Gasteiger partial charge is 0.308 e. The molecule has 6 heteroatoms. The maximum absolute atomic E-state index is 12.1. The molecule has 1 aromatic carbocycles. The van der Waals surface area contributed by atoms with E-state index in [0.717, 1.165) is 5.69 Å². The molecule has 6 nitrogen and oxygen atoms in total. The van der Waals surface area contributed by atoms with Gasteiger partial charge in [0.05, 0.1) is 23.4 Å². The summed E-state index contributed by atoms with van der Waals surface area (Å²) in [6.45, 7) is 4.03. The Labute approximate surface area is 135 Å². The molecule has 0 aliphatic heterocycles. The summed E-state index contributed by atoms with van der Waals surface area (Å²) in [7, 11) is 0. The van der Waals surface area contributed by atoms with Gasteiger partial charge in [0, 0.05) is 12.7 Å². The molecule has 2 N–H and O–H groups in total. The maximum Gasteiger partial charge on any atom is 0.308 e. The lowest BCUT2D eigenvalue weighted by molar-refractivity contribution is -0.142. The van der Waals surface area contributed by atoms with E-state index >= 15 is 0 Å².